The molecule has 6 heteroatoms. The smallest absolute Gasteiger partial charge is 0.339 e. The molecule has 114 valence electrons. The molecule has 0 radical (unpaired) electrons. The molecule has 1 aromatic rings. The molecule has 21 heavy (non-hydrogen) atoms. The van der Waals surface area contributed by atoms with E-state index in [0.29, 0.717) is 17.6 Å². The minimum absolute atomic E-state index is 0.102. The molecule has 1 N–H and O–H groups in total. The van der Waals surface area contributed by atoms with Crippen LogP contribution in [0.5, 0.6) is 0 Å². The maximum Gasteiger partial charge on any atom is 0.339 e. The van der Waals surface area contributed by atoms with Crippen LogP contribution in [-0.2, 0) is 4.74 Å². The van der Waals surface area contributed by atoms with Gasteiger partial charge in [0.05, 0.1) is 24.7 Å². The first-order chi connectivity index (χ1) is 9.95. The monoisotopic (exact) mass is 624 g/mol. The lowest BCUT2D eigenvalue weighted by molar-refractivity contribution is -0.923. The molecular weight excluding hydrogens is 607 g/mol. The summed E-state index contributed by atoms with van der Waals surface area (Å²) >= 11 is 6.77. The molecule has 2 bridgehead atoms. The van der Waals surface area contributed by atoms with Crippen molar-refractivity contribution in [3.05, 3.63) is 28.4 Å². The standard InChI is InChI=1S/C15H16I3NO2/c1-19-9-2-3-10(19)7-11(6-9)21-15(20)12-4-8(16)5-13(17)14(12)18/h4-5,9-11H,2-3,6-7H2,1H3/p+1. The van der Waals surface area contributed by atoms with E-state index in [2.05, 4.69) is 80.9 Å². The van der Waals surface area contributed by atoms with Crippen molar-refractivity contribution >= 4 is 73.7 Å². The molecule has 2 unspecified atom stereocenters. The second-order valence-electron chi connectivity index (χ2n) is 5.96. The van der Waals surface area contributed by atoms with Crippen molar-refractivity contribution in [3.63, 3.8) is 0 Å². The van der Waals surface area contributed by atoms with Crippen LogP contribution in [0, 0.1) is 10.7 Å². The zero-order valence-corrected chi connectivity index (χ0v) is 18.1. The van der Waals surface area contributed by atoms with Crippen molar-refractivity contribution in [2.75, 3.05) is 7.05 Å². The summed E-state index contributed by atoms with van der Waals surface area (Å²) in [7, 11) is 2.28. The molecular formula is C15H17I3NO2+. The van der Waals surface area contributed by atoms with E-state index in [9.17, 15) is 4.79 Å². The molecule has 2 atom stereocenters. The lowest BCUT2D eigenvalue weighted by Crippen LogP contribution is -3.15. The molecule has 0 aromatic heterocycles. The first-order valence-electron chi connectivity index (χ1n) is 7.14. The maximum atomic E-state index is 12.5. The van der Waals surface area contributed by atoms with Crippen LogP contribution in [0.25, 0.3) is 0 Å². The number of quaternary nitrogens is 1. The highest BCUT2D eigenvalue weighted by atomic mass is 127. The van der Waals surface area contributed by atoms with Crippen LogP contribution >= 0.6 is 67.8 Å². The summed E-state index contributed by atoms with van der Waals surface area (Å²) in [5, 5.41) is 0. The third-order valence-electron chi connectivity index (χ3n) is 4.73. The number of fused-ring (bicyclic) bond motifs is 2. The summed E-state index contributed by atoms with van der Waals surface area (Å²) in [6.45, 7) is 0. The maximum absolute atomic E-state index is 12.5. The SMILES string of the molecule is C[NH+]1C2CCC1CC(OC(=O)c1cc(I)cc(I)c1I)C2. The predicted molar refractivity (Wildman–Crippen MR) is 107 cm³/mol. The Hall–Kier alpha value is 0.840. The zero-order chi connectivity index (χ0) is 15.1. The van der Waals surface area contributed by atoms with Crippen molar-refractivity contribution in [1.29, 1.82) is 0 Å². The third kappa shape index (κ3) is 3.52. The molecule has 0 aliphatic carbocycles. The van der Waals surface area contributed by atoms with Gasteiger partial charge in [-0.05, 0) is 79.9 Å². The fraction of sp³-hybridized carbons (Fsp3) is 0.533. The number of hydrogen-bond donors (Lipinski definition) is 1. The van der Waals surface area contributed by atoms with Gasteiger partial charge in [0.25, 0.3) is 0 Å². The number of carbonyl (C=O) groups excluding carboxylic acids is 1. The molecule has 2 saturated heterocycles. The van der Waals surface area contributed by atoms with Crippen LogP contribution < -0.4 is 4.90 Å². The lowest BCUT2D eigenvalue weighted by Gasteiger charge is -2.33. The number of piperidine rings is 1. The molecule has 2 heterocycles. The first kappa shape index (κ1) is 16.7. The lowest BCUT2D eigenvalue weighted by atomic mass is 10.0. The fourth-order valence-corrected chi connectivity index (χ4v) is 5.92. The third-order valence-corrected chi connectivity index (χ3v) is 8.40. The van der Waals surface area contributed by atoms with Gasteiger partial charge >= 0.3 is 5.97 Å². The Morgan fingerprint density at radius 2 is 1.81 bits per heavy atom. The second kappa shape index (κ2) is 6.76. The average Bonchev–Trinajstić information content (AvgIpc) is 2.64. The number of benzene rings is 1. The molecule has 2 aliphatic heterocycles. The van der Waals surface area contributed by atoms with Gasteiger partial charge < -0.3 is 9.64 Å². The van der Waals surface area contributed by atoms with Gasteiger partial charge in [0.1, 0.15) is 6.10 Å². The number of esters is 1. The van der Waals surface area contributed by atoms with Crippen molar-refractivity contribution in [1.82, 2.24) is 0 Å². The van der Waals surface area contributed by atoms with Crippen LogP contribution in [0.3, 0.4) is 0 Å². The average molecular weight is 624 g/mol. The summed E-state index contributed by atoms with van der Waals surface area (Å²) in [4.78, 5) is 14.2. The molecule has 3 rings (SSSR count). The van der Waals surface area contributed by atoms with Crippen LogP contribution in [-0.4, -0.2) is 31.2 Å². The van der Waals surface area contributed by atoms with Gasteiger partial charge in [-0.25, -0.2) is 4.79 Å². The number of nitrogens with one attached hydrogen (secondary N) is 1. The predicted octanol–water partition coefficient (Wildman–Crippen LogP) is 2.87. The minimum atomic E-state index is -0.153. The summed E-state index contributed by atoms with van der Waals surface area (Å²) in [5.74, 6) is -0.153. The van der Waals surface area contributed by atoms with E-state index in [1.807, 2.05) is 6.07 Å². The zero-order valence-electron chi connectivity index (χ0n) is 11.7. The van der Waals surface area contributed by atoms with Crippen molar-refractivity contribution in [2.24, 2.45) is 0 Å². The highest BCUT2D eigenvalue weighted by Crippen LogP contribution is 2.27. The highest BCUT2D eigenvalue weighted by molar-refractivity contribution is 14.1. The summed E-state index contributed by atoms with van der Waals surface area (Å²) in [5.41, 5.74) is 0.713. The van der Waals surface area contributed by atoms with E-state index in [-0.39, 0.29) is 12.1 Å². The van der Waals surface area contributed by atoms with Gasteiger partial charge in [0.2, 0.25) is 0 Å². The quantitative estimate of drug-likeness (QED) is 0.312. The van der Waals surface area contributed by atoms with Gasteiger partial charge in [-0.3, -0.25) is 0 Å². The van der Waals surface area contributed by atoms with Crippen molar-refractivity contribution < 1.29 is 14.4 Å². The van der Waals surface area contributed by atoms with Gasteiger partial charge in [-0.15, -0.1) is 0 Å². The van der Waals surface area contributed by atoms with Crippen LogP contribution in [0.15, 0.2) is 12.1 Å². The molecule has 0 amide bonds. The Kier molecular flexibility index (Phi) is 5.37. The molecule has 1 aromatic carbocycles. The molecule has 0 saturated carbocycles. The Labute approximate surface area is 166 Å². The fourth-order valence-electron chi connectivity index (χ4n) is 3.55. The van der Waals surface area contributed by atoms with Gasteiger partial charge in [0, 0.05) is 36.4 Å². The highest BCUT2D eigenvalue weighted by Gasteiger charge is 2.43. The summed E-state index contributed by atoms with van der Waals surface area (Å²) in [6.07, 6.45) is 4.70. The van der Waals surface area contributed by atoms with E-state index in [1.54, 1.807) is 4.90 Å². The van der Waals surface area contributed by atoms with E-state index < -0.39 is 0 Å². The number of hydrogen-bond acceptors (Lipinski definition) is 2. The molecule has 3 nitrogen and oxygen atoms in total. The Bertz CT molecular complexity index is 564. The Balaban J connectivity index is 1.73. The Morgan fingerprint density at radius 3 is 2.43 bits per heavy atom. The largest absolute Gasteiger partial charge is 0.458 e. The number of halogens is 3. The van der Waals surface area contributed by atoms with Gasteiger partial charge in [-0.1, -0.05) is 0 Å². The van der Waals surface area contributed by atoms with E-state index in [0.717, 1.165) is 23.6 Å². The topological polar surface area (TPSA) is 30.7 Å². The minimum Gasteiger partial charge on any atom is -0.458 e. The molecule has 2 fully saturated rings. The van der Waals surface area contributed by atoms with E-state index >= 15 is 0 Å². The first-order valence-corrected chi connectivity index (χ1v) is 10.4. The Morgan fingerprint density at radius 1 is 1.19 bits per heavy atom. The van der Waals surface area contributed by atoms with Crippen molar-refractivity contribution in [2.45, 2.75) is 43.9 Å². The number of carbonyl (C=O) groups is 1. The summed E-state index contributed by atoms with van der Waals surface area (Å²) < 4.78 is 9.03. The second-order valence-corrected chi connectivity index (χ2v) is 9.45. The van der Waals surface area contributed by atoms with Crippen LogP contribution in [0.4, 0.5) is 0 Å². The van der Waals surface area contributed by atoms with Crippen molar-refractivity contribution in [3.8, 4) is 0 Å². The normalized spacial score (nSPS) is 31.2. The van der Waals surface area contributed by atoms with E-state index in [1.165, 1.54) is 12.8 Å². The van der Waals surface area contributed by atoms with Gasteiger partial charge in [-0.2, -0.15) is 0 Å². The number of ether oxygens (including phenoxy) is 1. The molecule has 2 aliphatic rings. The van der Waals surface area contributed by atoms with Crippen LogP contribution in [0.2, 0.25) is 0 Å². The van der Waals surface area contributed by atoms with Crippen LogP contribution in [0.1, 0.15) is 36.0 Å². The van der Waals surface area contributed by atoms with Gasteiger partial charge in [0.15, 0.2) is 0 Å². The summed E-state index contributed by atoms with van der Waals surface area (Å²) in [6, 6.07) is 5.37. The van der Waals surface area contributed by atoms with E-state index in [4.69, 9.17) is 4.74 Å². The molecule has 0 spiro atoms. The number of rotatable bonds is 2.